The van der Waals surface area contributed by atoms with Crippen LogP contribution >= 0.6 is 0 Å². The Bertz CT molecular complexity index is 506. The van der Waals surface area contributed by atoms with E-state index >= 15 is 0 Å². The average molecular weight is 240 g/mol. The van der Waals surface area contributed by atoms with E-state index in [1.807, 2.05) is 6.07 Å². The van der Waals surface area contributed by atoms with E-state index in [4.69, 9.17) is 5.73 Å². The molecule has 2 rings (SSSR count). The second-order valence-electron chi connectivity index (χ2n) is 4.68. The number of nitrogens with zero attached hydrogens (tertiary/aromatic N) is 1. The first-order chi connectivity index (χ1) is 8.70. The quantitative estimate of drug-likeness (QED) is 0.889. The van der Waals surface area contributed by atoms with Crippen LogP contribution in [0.15, 0.2) is 48.5 Å². The molecule has 2 nitrogen and oxygen atoms in total. The van der Waals surface area contributed by atoms with Crippen molar-refractivity contribution >= 4 is 5.69 Å². The van der Waals surface area contributed by atoms with E-state index in [0.717, 1.165) is 6.54 Å². The van der Waals surface area contributed by atoms with Crippen LogP contribution in [0.25, 0.3) is 0 Å². The lowest BCUT2D eigenvalue weighted by atomic mass is 10.1. The topological polar surface area (TPSA) is 29.3 Å². The van der Waals surface area contributed by atoms with Crippen LogP contribution < -0.4 is 10.6 Å². The molecule has 0 saturated carbocycles. The van der Waals surface area contributed by atoms with Crippen LogP contribution in [0.1, 0.15) is 16.7 Å². The maximum Gasteiger partial charge on any atom is 0.0426 e. The van der Waals surface area contributed by atoms with E-state index in [0.29, 0.717) is 6.54 Å². The number of aryl methyl sites for hydroxylation is 1. The normalized spacial score (nSPS) is 10.4. The Balaban J connectivity index is 2.23. The number of benzene rings is 2. The van der Waals surface area contributed by atoms with Crippen molar-refractivity contribution in [1.82, 2.24) is 0 Å². The van der Waals surface area contributed by atoms with Gasteiger partial charge in [0.25, 0.3) is 0 Å². The third kappa shape index (κ3) is 2.90. The molecule has 0 aliphatic carbocycles. The van der Waals surface area contributed by atoms with Crippen molar-refractivity contribution in [3.8, 4) is 0 Å². The Kier molecular flexibility index (Phi) is 4.00. The Hall–Kier alpha value is -1.80. The summed E-state index contributed by atoms with van der Waals surface area (Å²) in [5.41, 5.74) is 10.8. The lowest BCUT2D eigenvalue weighted by molar-refractivity contribution is 0.902. The molecule has 0 spiro atoms. The molecule has 2 aromatic carbocycles. The van der Waals surface area contributed by atoms with E-state index in [1.165, 1.54) is 22.4 Å². The van der Waals surface area contributed by atoms with Crippen molar-refractivity contribution in [1.29, 1.82) is 0 Å². The minimum absolute atomic E-state index is 0.578. The van der Waals surface area contributed by atoms with Gasteiger partial charge in [0.15, 0.2) is 0 Å². The van der Waals surface area contributed by atoms with Gasteiger partial charge >= 0.3 is 0 Å². The molecule has 94 valence electrons. The van der Waals surface area contributed by atoms with E-state index in [-0.39, 0.29) is 0 Å². The summed E-state index contributed by atoms with van der Waals surface area (Å²) in [5, 5.41) is 0. The summed E-state index contributed by atoms with van der Waals surface area (Å²) in [7, 11) is 2.11. The van der Waals surface area contributed by atoms with Crippen molar-refractivity contribution in [3.63, 3.8) is 0 Å². The summed E-state index contributed by atoms with van der Waals surface area (Å²) in [6.07, 6.45) is 0. The Morgan fingerprint density at radius 2 is 1.78 bits per heavy atom. The fourth-order valence-electron chi connectivity index (χ4n) is 2.14. The van der Waals surface area contributed by atoms with Gasteiger partial charge in [-0.05, 0) is 29.7 Å². The molecule has 0 amide bonds. The van der Waals surface area contributed by atoms with Gasteiger partial charge in [0.1, 0.15) is 0 Å². The summed E-state index contributed by atoms with van der Waals surface area (Å²) in [5.74, 6) is 0. The predicted octanol–water partition coefficient (Wildman–Crippen LogP) is 3.09. The molecular weight excluding hydrogens is 220 g/mol. The molecule has 0 bridgehead atoms. The highest BCUT2D eigenvalue weighted by Crippen LogP contribution is 2.22. The van der Waals surface area contributed by atoms with Crippen LogP contribution in [0.3, 0.4) is 0 Å². The Morgan fingerprint density at radius 1 is 1.06 bits per heavy atom. The van der Waals surface area contributed by atoms with Gasteiger partial charge in [-0.25, -0.2) is 0 Å². The highest BCUT2D eigenvalue weighted by Gasteiger charge is 2.07. The Labute approximate surface area is 109 Å². The van der Waals surface area contributed by atoms with Crippen LogP contribution in [-0.4, -0.2) is 7.05 Å². The molecule has 0 aliphatic heterocycles. The number of nitrogens with two attached hydrogens (primary N) is 1. The van der Waals surface area contributed by atoms with Crippen molar-refractivity contribution in [3.05, 3.63) is 65.2 Å². The monoisotopic (exact) mass is 240 g/mol. The van der Waals surface area contributed by atoms with Crippen molar-refractivity contribution in [2.75, 3.05) is 11.9 Å². The van der Waals surface area contributed by atoms with Crippen LogP contribution in [0.4, 0.5) is 5.69 Å². The molecule has 0 fully saturated rings. The first kappa shape index (κ1) is 12.7. The molecule has 0 unspecified atom stereocenters. The van der Waals surface area contributed by atoms with Crippen LogP contribution in [-0.2, 0) is 13.1 Å². The third-order valence-electron chi connectivity index (χ3n) is 3.13. The molecule has 0 aromatic heterocycles. The van der Waals surface area contributed by atoms with E-state index < -0.39 is 0 Å². The first-order valence-electron chi connectivity index (χ1n) is 6.25. The zero-order valence-corrected chi connectivity index (χ0v) is 11.1. The zero-order chi connectivity index (χ0) is 13.0. The smallest absolute Gasteiger partial charge is 0.0426 e. The highest BCUT2D eigenvalue weighted by atomic mass is 15.1. The predicted molar refractivity (Wildman–Crippen MR) is 77.6 cm³/mol. The molecule has 2 aromatic rings. The fourth-order valence-corrected chi connectivity index (χ4v) is 2.14. The largest absolute Gasteiger partial charge is 0.370 e. The van der Waals surface area contributed by atoms with Gasteiger partial charge in [0, 0.05) is 25.8 Å². The number of hydrogen-bond acceptors (Lipinski definition) is 2. The van der Waals surface area contributed by atoms with Crippen LogP contribution in [0.5, 0.6) is 0 Å². The lowest BCUT2D eigenvalue weighted by Gasteiger charge is -2.23. The zero-order valence-electron chi connectivity index (χ0n) is 11.1. The van der Waals surface area contributed by atoms with E-state index in [2.05, 4.69) is 61.3 Å². The van der Waals surface area contributed by atoms with Gasteiger partial charge in [-0.1, -0.05) is 42.5 Å². The van der Waals surface area contributed by atoms with Gasteiger partial charge in [0.2, 0.25) is 0 Å². The van der Waals surface area contributed by atoms with Crippen molar-refractivity contribution in [2.24, 2.45) is 5.73 Å². The van der Waals surface area contributed by atoms with E-state index in [9.17, 15) is 0 Å². The van der Waals surface area contributed by atoms with Gasteiger partial charge in [-0.2, -0.15) is 0 Å². The van der Waals surface area contributed by atoms with Gasteiger partial charge in [-0.15, -0.1) is 0 Å². The molecular formula is C16H20N2. The first-order valence-corrected chi connectivity index (χ1v) is 6.25. The summed E-state index contributed by atoms with van der Waals surface area (Å²) >= 11 is 0. The molecule has 0 aliphatic rings. The van der Waals surface area contributed by atoms with Gasteiger partial charge in [-0.3, -0.25) is 0 Å². The fraction of sp³-hybridized carbons (Fsp3) is 0.250. The number of anilines is 1. The maximum absolute atomic E-state index is 5.81. The molecule has 2 heteroatoms. The number of rotatable bonds is 4. The minimum Gasteiger partial charge on any atom is -0.370 e. The molecule has 0 atom stereocenters. The molecule has 0 saturated heterocycles. The minimum atomic E-state index is 0.578. The molecule has 0 radical (unpaired) electrons. The number of hydrogen-bond donors (Lipinski definition) is 1. The third-order valence-corrected chi connectivity index (χ3v) is 3.13. The second kappa shape index (κ2) is 5.69. The molecule has 2 N–H and O–H groups in total. The summed E-state index contributed by atoms with van der Waals surface area (Å²) in [6.45, 7) is 3.59. The van der Waals surface area contributed by atoms with Crippen LogP contribution in [0, 0.1) is 6.92 Å². The Morgan fingerprint density at radius 3 is 2.44 bits per heavy atom. The summed E-state index contributed by atoms with van der Waals surface area (Å²) in [6, 6.07) is 16.9. The van der Waals surface area contributed by atoms with Crippen molar-refractivity contribution < 1.29 is 0 Å². The molecule has 18 heavy (non-hydrogen) atoms. The van der Waals surface area contributed by atoms with E-state index in [1.54, 1.807) is 0 Å². The second-order valence-corrected chi connectivity index (χ2v) is 4.68. The molecule has 0 heterocycles. The van der Waals surface area contributed by atoms with Crippen LogP contribution in [0.2, 0.25) is 0 Å². The van der Waals surface area contributed by atoms with Crippen molar-refractivity contribution in [2.45, 2.75) is 20.0 Å². The summed E-state index contributed by atoms with van der Waals surface area (Å²) < 4.78 is 0. The van der Waals surface area contributed by atoms with Gasteiger partial charge in [0.05, 0.1) is 0 Å². The standard InChI is InChI=1S/C16H20N2/c1-13-8-9-15(11-17)16(10-13)18(2)12-14-6-4-3-5-7-14/h3-10H,11-12,17H2,1-2H3. The SMILES string of the molecule is Cc1ccc(CN)c(N(C)Cc2ccccc2)c1. The maximum atomic E-state index is 5.81. The average Bonchev–Trinajstić information content (AvgIpc) is 2.40. The summed E-state index contributed by atoms with van der Waals surface area (Å²) in [4.78, 5) is 2.25. The lowest BCUT2D eigenvalue weighted by Crippen LogP contribution is -2.19. The van der Waals surface area contributed by atoms with Gasteiger partial charge < -0.3 is 10.6 Å². The highest BCUT2D eigenvalue weighted by molar-refractivity contribution is 5.55.